The molecule has 1 heterocycles. The minimum atomic E-state index is 0.0326. The zero-order valence-corrected chi connectivity index (χ0v) is 19.3. The topological polar surface area (TPSA) is 51.2 Å². The van der Waals surface area contributed by atoms with Crippen molar-refractivity contribution in [2.75, 3.05) is 58.3 Å². The summed E-state index contributed by atoms with van der Waals surface area (Å²) >= 11 is 0. The Morgan fingerprint density at radius 3 is 2.48 bits per heavy atom. The van der Waals surface area contributed by atoms with Crippen molar-refractivity contribution in [2.24, 2.45) is 4.99 Å². The Morgan fingerprint density at radius 1 is 1.06 bits per heavy atom. The Balaban J connectivity index is 1.58. The fourth-order valence-corrected chi connectivity index (χ4v) is 3.84. The number of hydrogen-bond acceptors (Lipinski definition) is 3. The molecule has 166 valence electrons. The van der Waals surface area contributed by atoms with Crippen LogP contribution in [0.15, 0.2) is 53.5 Å². The molecule has 3 rings (SSSR count). The summed E-state index contributed by atoms with van der Waals surface area (Å²) < 4.78 is 0. The molecule has 0 aromatic heterocycles. The normalized spacial score (nSPS) is 14.5. The first-order valence-corrected chi connectivity index (χ1v) is 11.1. The average molecular weight is 422 g/mol. The smallest absolute Gasteiger partial charge is 0.253 e. The second kappa shape index (κ2) is 10.8. The largest absolute Gasteiger partial charge is 0.368 e. The number of rotatable bonds is 6. The Labute approximate surface area is 186 Å². The van der Waals surface area contributed by atoms with E-state index in [1.165, 1.54) is 11.3 Å². The summed E-state index contributed by atoms with van der Waals surface area (Å²) in [5, 5.41) is 3.44. The third-order valence-electron chi connectivity index (χ3n) is 5.52. The van der Waals surface area contributed by atoms with E-state index in [9.17, 15) is 4.79 Å². The van der Waals surface area contributed by atoms with Crippen LogP contribution in [0.5, 0.6) is 0 Å². The summed E-state index contributed by atoms with van der Waals surface area (Å²) in [6.45, 7) is 9.67. The predicted molar refractivity (Wildman–Crippen MR) is 129 cm³/mol. The first-order valence-electron chi connectivity index (χ1n) is 11.1. The molecule has 31 heavy (non-hydrogen) atoms. The van der Waals surface area contributed by atoms with Gasteiger partial charge in [0.1, 0.15) is 0 Å². The molecule has 0 radical (unpaired) electrons. The number of nitrogens with one attached hydrogen (secondary N) is 1. The minimum absolute atomic E-state index is 0.0326. The molecule has 1 aliphatic rings. The molecule has 0 unspecified atom stereocenters. The molecular formula is C25H35N5O. The molecule has 1 fully saturated rings. The number of guanidine groups is 1. The van der Waals surface area contributed by atoms with E-state index in [2.05, 4.69) is 59.3 Å². The van der Waals surface area contributed by atoms with Gasteiger partial charge >= 0.3 is 0 Å². The molecule has 1 saturated heterocycles. The summed E-state index contributed by atoms with van der Waals surface area (Å²) in [5.41, 5.74) is 4.46. The van der Waals surface area contributed by atoms with E-state index >= 15 is 0 Å². The standard InChI is InChI=1S/C25H35N5O/c1-5-26-25(27-13-12-21-9-7-10-22(19-21)24(31)28(3)4)30-16-14-29(15-17-30)23-11-6-8-20(2)18-23/h6-11,18-19H,5,12-17H2,1-4H3,(H,26,27). The van der Waals surface area contributed by atoms with Gasteiger partial charge in [0.2, 0.25) is 0 Å². The van der Waals surface area contributed by atoms with Crippen molar-refractivity contribution in [2.45, 2.75) is 20.3 Å². The van der Waals surface area contributed by atoms with Crippen molar-refractivity contribution >= 4 is 17.6 Å². The third kappa shape index (κ3) is 6.23. The zero-order valence-electron chi connectivity index (χ0n) is 19.3. The molecule has 1 amide bonds. The van der Waals surface area contributed by atoms with Crippen molar-refractivity contribution in [3.63, 3.8) is 0 Å². The number of aliphatic imine (C=N–C) groups is 1. The quantitative estimate of drug-likeness (QED) is 0.575. The highest BCUT2D eigenvalue weighted by atomic mass is 16.2. The van der Waals surface area contributed by atoms with E-state index in [4.69, 9.17) is 4.99 Å². The van der Waals surface area contributed by atoms with E-state index in [1.54, 1.807) is 19.0 Å². The Hall–Kier alpha value is -3.02. The van der Waals surface area contributed by atoms with Crippen LogP contribution in [-0.4, -0.2) is 75.0 Å². The van der Waals surface area contributed by atoms with Crippen molar-refractivity contribution in [1.29, 1.82) is 0 Å². The number of amides is 1. The third-order valence-corrected chi connectivity index (χ3v) is 5.52. The van der Waals surface area contributed by atoms with Crippen LogP contribution >= 0.6 is 0 Å². The van der Waals surface area contributed by atoms with E-state index in [-0.39, 0.29) is 5.91 Å². The number of carbonyl (C=O) groups is 1. The van der Waals surface area contributed by atoms with Gasteiger partial charge in [0, 0.05) is 64.6 Å². The lowest BCUT2D eigenvalue weighted by atomic mass is 10.1. The van der Waals surface area contributed by atoms with Crippen LogP contribution in [-0.2, 0) is 6.42 Å². The van der Waals surface area contributed by atoms with Gasteiger partial charge in [0.05, 0.1) is 0 Å². The van der Waals surface area contributed by atoms with E-state index in [0.717, 1.165) is 56.2 Å². The summed E-state index contributed by atoms with van der Waals surface area (Å²) in [6.07, 6.45) is 0.812. The maximum absolute atomic E-state index is 12.2. The van der Waals surface area contributed by atoms with Gasteiger partial charge in [-0.05, 0) is 55.7 Å². The SMILES string of the molecule is CCNC(=NCCc1cccc(C(=O)N(C)C)c1)N1CCN(c2cccc(C)c2)CC1. The molecular weight excluding hydrogens is 386 g/mol. The zero-order chi connectivity index (χ0) is 22.2. The lowest BCUT2D eigenvalue weighted by Crippen LogP contribution is -2.52. The van der Waals surface area contributed by atoms with Gasteiger partial charge in [0.25, 0.3) is 5.91 Å². The second-order valence-electron chi connectivity index (χ2n) is 8.20. The molecule has 0 spiro atoms. The average Bonchev–Trinajstić information content (AvgIpc) is 2.78. The highest BCUT2D eigenvalue weighted by Gasteiger charge is 2.19. The Kier molecular flexibility index (Phi) is 7.93. The number of benzene rings is 2. The monoisotopic (exact) mass is 421 g/mol. The molecule has 0 saturated carbocycles. The van der Waals surface area contributed by atoms with Gasteiger partial charge in [-0.3, -0.25) is 9.79 Å². The number of hydrogen-bond donors (Lipinski definition) is 1. The fourth-order valence-electron chi connectivity index (χ4n) is 3.84. The van der Waals surface area contributed by atoms with Crippen molar-refractivity contribution in [1.82, 2.24) is 15.1 Å². The van der Waals surface area contributed by atoms with Gasteiger partial charge in [-0.1, -0.05) is 24.3 Å². The molecule has 1 N–H and O–H groups in total. The van der Waals surface area contributed by atoms with Crippen LogP contribution in [0.2, 0.25) is 0 Å². The van der Waals surface area contributed by atoms with Crippen LogP contribution in [0, 0.1) is 6.92 Å². The first-order chi connectivity index (χ1) is 15.0. The van der Waals surface area contributed by atoms with E-state index in [1.807, 2.05) is 18.2 Å². The summed E-state index contributed by atoms with van der Waals surface area (Å²) in [4.78, 5) is 23.5. The summed E-state index contributed by atoms with van der Waals surface area (Å²) in [5.74, 6) is 1.01. The maximum Gasteiger partial charge on any atom is 0.253 e. The Morgan fingerprint density at radius 2 is 1.81 bits per heavy atom. The molecule has 2 aromatic rings. The van der Waals surface area contributed by atoms with Crippen LogP contribution in [0.25, 0.3) is 0 Å². The van der Waals surface area contributed by atoms with Crippen LogP contribution in [0.3, 0.4) is 0 Å². The summed E-state index contributed by atoms with van der Waals surface area (Å²) in [6, 6.07) is 16.6. The molecule has 2 aromatic carbocycles. The maximum atomic E-state index is 12.2. The highest BCUT2D eigenvalue weighted by molar-refractivity contribution is 5.94. The molecule has 6 nitrogen and oxygen atoms in total. The lowest BCUT2D eigenvalue weighted by molar-refractivity contribution is 0.0827. The number of aryl methyl sites for hydroxylation is 1. The molecule has 0 atom stereocenters. The van der Waals surface area contributed by atoms with Gasteiger partial charge < -0.3 is 20.0 Å². The lowest BCUT2D eigenvalue weighted by Gasteiger charge is -2.37. The van der Waals surface area contributed by atoms with Gasteiger partial charge in [0.15, 0.2) is 5.96 Å². The van der Waals surface area contributed by atoms with Gasteiger partial charge in [-0.25, -0.2) is 0 Å². The minimum Gasteiger partial charge on any atom is -0.368 e. The first kappa shape index (κ1) is 22.7. The van der Waals surface area contributed by atoms with E-state index in [0.29, 0.717) is 6.54 Å². The predicted octanol–water partition coefficient (Wildman–Crippen LogP) is 3.03. The van der Waals surface area contributed by atoms with Crippen molar-refractivity contribution < 1.29 is 4.79 Å². The number of nitrogens with zero attached hydrogens (tertiary/aromatic N) is 4. The van der Waals surface area contributed by atoms with E-state index < -0.39 is 0 Å². The highest BCUT2D eigenvalue weighted by Crippen LogP contribution is 2.18. The number of carbonyl (C=O) groups excluding carboxylic acids is 1. The van der Waals surface area contributed by atoms with Crippen molar-refractivity contribution in [3.05, 3.63) is 65.2 Å². The Bertz CT molecular complexity index is 900. The summed E-state index contributed by atoms with van der Waals surface area (Å²) in [7, 11) is 3.56. The molecule has 6 heteroatoms. The van der Waals surface area contributed by atoms with Gasteiger partial charge in [-0.15, -0.1) is 0 Å². The molecule has 0 bridgehead atoms. The van der Waals surface area contributed by atoms with Crippen LogP contribution in [0.4, 0.5) is 5.69 Å². The molecule has 0 aliphatic carbocycles. The second-order valence-corrected chi connectivity index (χ2v) is 8.20. The number of piperazine rings is 1. The fraction of sp³-hybridized carbons (Fsp3) is 0.440. The van der Waals surface area contributed by atoms with Crippen LogP contribution < -0.4 is 10.2 Å². The molecule has 1 aliphatic heterocycles. The van der Waals surface area contributed by atoms with Crippen molar-refractivity contribution in [3.8, 4) is 0 Å². The number of anilines is 1. The van der Waals surface area contributed by atoms with Crippen LogP contribution in [0.1, 0.15) is 28.4 Å². The van der Waals surface area contributed by atoms with Gasteiger partial charge in [-0.2, -0.15) is 0 Å².